The molecule has 0 saturated heterocycles. The molecule has 0 aliphatic carbocycles. The number of carbonyl (C=O) groups excluding carboxylic acids is 1. The van der Waals surface area contributed by atoms with Gasteiger partial charge in [-0.05, 0) is 48.5 Å². The number of alkyl halides is 3. The molecule has 0 aliphatic rings. The summed E-state index contributed by atoms with van der Waals surface area (Å²) in [4.78, 5) is 11.9. The monoisotopic (exact) mass is 295 g/mol. The maximum absolute atomic E-state index is 12.4. The number of rotatable bonds is 3. The molecule has 110 valence electrons. The Morgan fingerprint density at radius 1 is 1.00 bits per heavy atom. The van der Waals surface area contributed by atoms with Crippen LogP contribution in [0.2, 0.25) is 0 Å². The minimum Gasteiger partial charge on any atom is -0.497 e. The highest BCUT2D eigenvalue weighted by atomic mass is 19.4. The molecular formula is C15H12F3NO2. The van der Waals surface area contributed by atoms with Crippen molar-refractivity contribution in [3.8, 4) is 5.75 Å². The molecule has 0 spiro atoms. The van der Waals surface area contributed by atoms with E-state index in [0.29, 0.717) is 11.4 Å². The van der Waals surface area contributed by atoms with Gasteiger partial charge >= 0.3 is 6.18 Å². The summed E-state index contributed by atoms with van der Waals surface area (Å²) in [5, 5.41) is 2.59. The van der Waals surface area contributed by atoms with E-state index in [9.17, 15) is 18.0 Å². The van der Waals surface area contributed by atoms with Gasteiger partial charge in [0.2, 0.25) is 0 Å². The zero-order valence-electron chi connectivity index (χ0n) is 11.1. The van der Waals surface area contributed by atoms with E-state index in [4.69, 9.17) is 4.74 Å². The van der Waals surface area contributed by atoms with E-state index in [1.165, 1.54) is 7.11 Å². The van der Waals surface area contributed by atoms with Gasteiger partial charge in [0.15, 0.2) is 0 Å². The van der Waals surface area contributed by atoms with Gasteiger partial charge in [0, 0.05) is 11.3 Å². The van der Waals surface area contributed by atoms with Crippen molar-refractivity contribution in [1.82, 2.24) is 0 Å². The molecule has 1 N–H and O–H groups in total. The molecule has 2 aromatic carbocycles. The van der Waals surface area contributed by atoms with Crippen LogP contribution in [0.5, 0.6) is 5.75 Å². The van der Waals surface area contributed by atoms with Crippen LogP contribution >= 0.6 is 0 Å². The average Bonchev–Trinajstić information content (AvgIpc) is 2.47. The van der Waals surface area contributed by atoms with E-state index in [1.807, 2.05) is 0 Å². The number of anilines is 1. The average molecular weight is 295 g/mol. The van der Waals surface area contributed by atoms with Crippen LogP contribution in [-0.4, -0.2) is 13.0 Å². The molecular weight excluding hydrogens is 283 g/mol. The van der Waals surface area contributed by atoms with Crippen LogP contribution < -0.4 is 10.1 Å². The van der Waals surface area contributed by atoms with Crippen molar-refractivity contribution >= 4 is 11.6 Å². The molecule has 21 heavy (non-hydrogen) atoms. The molecule has 2 rings (SSSR count). The summed E-state index contributed by atoms with van der Waals surface area (Å²) >= 11 is 0. The highest BCUT2D eigenvalue weighted by Gasteiger charge is 2.30. The van der Waals surface area contributed by atoms with E-state index >= 15 is 0 Å². The van der Waals surface area contributed by atoms with Crippen molar-refractivity contribution in [2.45, 2.75) is 6.18 Å². The molecule has 0 atom stereocenters. The third kappa shape index (κ3) is 3.75. The Kier molecular flexibility index (Phi) is 4.16. The highest BCUT2D eigenvalue weighted by Crippen LogP contribution is 2.29. The van der Waals surface area contributed by atoms with Crippen molar-refractivity contribution < 1.29 is 22.7 Å². The second kappa shape index (κ2) is 5.87. The number of carbonyl (C=O) groups is 1. The lowest BCUT2D eigenvalue weighted by Crippen LogP contribution is -2.12. The zero-order chi connectivity index (χ0) is 15.5. The molecule has 0 fully saturated rings. The van der Waals surface area contributed by atoms with Crippen molar-refractivity contribution in [3.63, 3.8) is 0 Å². The number of hydrogen-bond donors (Lipinski definition) is 1. The predicted molar refractivity (Wildman–Crippen MR) is 72.4 cm³/mol. The Hall–Kier alpha value is -2.50. The van der Waals surface area contributed by atoms with Gasteiger partial charge in [0.1, 0.15) is 5.75 Å². The number of halogens is 3. The molecule has 0 saturated carbocycles. The lowest BCUT2D eigenvalue weighted by Gasteiger charge is -2.08. The van der Waals surface area contributed by atoms with E-state index in [0.717, 1.165) is 24.3 Å². The second-order valence-electron chi connectivity index (χ2n) is 4.26. The van der Waals surface area contributed by atoms with E-state index < -0.39 is 17.6 Å². The fourth-order valence-electron chi connectivity index (χ4n) is 1.69. The molecule has 3 nitrogen and oxygen atoms in total. The van der Waals surface area contributed by atoms with Crippen LogP contribution in [0.25, 0.3) is 0 Å². The van der Waals surface area contributed by atoms with Gasteiger partial charge in [0.25, 0.3) is 5.91 Å². The van der Waals surface area contributed by atoms with Crippen molar-refractivity contribution in [2.24, 2.45) is 0 Å². The predicted octanol–water partition coefficient (Wildman–Crippen LogP) is 3.97. The van der Waals surface area contributed by atoms with Crippen LogP contribution in [0.4, 0.5) is 18.9 Å². The molecule has 0 unspecified atom stereocenters. The van der Waals surface area contributed by atoms with E-state index in [2.05, 4.69) is 5.32 Å². The van der Waals surface area contributed by atoms with Crippen LogP contribution in [0.15, 0.2) is 48.5 Å². The Morgan fingerprint density at radius 2 is 1.57 bits per heavy atom. The van der Waals surface area contributed by atoms with Gasteiger partial charge in [0.05, 0.1) is 12.7 Å². The van der Waals surface area contributed by atoms with Crippen molar-refractivity contribution in [2.75, 3.05) is 12.4 Å². The van der Waals surface area contributed by atoms with Crippen LogP contribution in [0.3, 0.4) is 0 Å². The summed E-state index contributed by atoms with van der Waals surface area (Å²) in [6.07, 6.45) is -4.41. The Balaban J connectivity index is 2.09. The maximum atomic E-state index is 12.4. The Labute approximate surface area is 119 Å². The lowest BCUT2D eigenvalue weighted by atomic mass is 10.1. The van der Waals surface area contributed by atoms with Gasteiger partial charge in [-0.25, -0.2) is 0 Å². The first-order chi connectivity index (χ1) is 9.90. The number of amides is 1. The highest BCUT2D eigenvalue weighted by molar-refractivity contribution is 6.04. The molecule has 0 aliphatic heterocycles. The SMILES string of the molecule is COc1ccc(NC(=O)c2ccc(C(F)(F)F)cc2)cc1. The molecule has 0 heterocycles. The maximum Gasteiger partial charge on any atom is 0.416 e. The Morgan fingerprint density at radius 3 is 2.05 bits per heavy atom. The first kappa shape index (κ1) is 14.9. The molecule has 0 aromatic heterocycles. The molecule has 1 amide bonds. The summed E-state index contributed by atoms with van der Waals surface area (Å²) in [6.45, 7) is 0. The van der Waals surface area contributed by atoms with Crippen LogP contribution in [0.1, 0.15) is 15.9 Å². The van der Waals surface area contributed by atoms with Crippen molar-refractivity contribution in [1.29, 1.82) is 0 Å². The molecule has 0 bridgehead atoms. The normalized spacial score (nSPS) is 11.0. The van der Waals surface area contributed by atoms with Crippen molar-refractivity contribution in [3.05, 3.63) is 59.7 Å². The summed E-state index contributed by atoms with van der Waals surface area (Å²) in [7, 11) is 1.52. The van der Waals surface area contributed by atoms with Crippen LogP contribution in [0, 0.1) is 0 Å². The summed E-state index contributed by atoms with van der Waals surface area (Å²) in [5.41, 5.74) is -0.108. The smallest absolute Gasteiger partial charge is 0.416 e. The number of nitrogens with one attached hydrogen (secondary N) is 1. The Bertz CT molecular complexity index is 619. The van der Waals surface area contributed by atoms with Gasteiger partial charge in [-0.3, -0.25) is 4.79 Å². The summed E-state index contributed by atoms with van der Waals surface area (Å²) < 4.78 is 42.3. The van der Waals surface area contributed by atoms with Gasteiger partial charge < -0.3 is 10.1 Å². The topological polar surface area (TPSA) is 38.3 Å². The van der Waals surface area contributed by atoms with E-state index in [-0.39, 0.29) is 5.56 Å². The second-order valence-corrected chi connectivity index (χ2v) is 4.26. The van der Waals surface area contributed by atoms with Gasteiger partial charge in [-0.2, -0.15) is 13.2 Å². The third-order valence-corrected chi connectivity index (χ3v) is 2.82. The molecule has 2 aromatic rings. The van der Waals surface area contributed by atoms with E-state index in [1.54, 1.807) is 24.3 Å². The lowest BCUT2D eigenvalue weighted by molar-refractivity contribution is -0.137. The van der Waals surface area contributed by atoms with Gasteiger partial charge in [-0.1, -0.05) is 0 Å². The number of benzene rings is 2. The summed E-state index contributed by atoms with van der Waals surface area (Å²) in [6, 6.07) is 10.7. The largest absolute Gasteiger partial charge is 0.497 e. The molecule has 6 heteroatoms. The fourth-order valence-corrected chi connectivity index (χ4v) is 1.69. The van der Waals surface area contributed by atoms with Crippen LogP contribution in [-0.2, 0) is 6.18 Å². The van der Waals surface area contributed by atoms with Gasteiger partial charge in [-0.15, -0.1) is 0 Å². The standard InChI is InChI=1S/C15H12F3NO2/c1-21-13-8-6-12(7-9-13)19-14(20)10-2-4-11(5-3-10)15(16,17)18/h2-9H,1H3,(H,19,20). The quantitative estimate of drug-likeness (QED) is 0.930. The zero-order valence-corrected chi connectivity index (χ0v) is 11.1. The number of hydrogen-bond acceptors (Lipinski definition) is 2. The first-order valence-corrected chi connectivity index (χ1v) is 6.03. The molecule has 0 radical (unpaired) electrons. The fraction of sp³-hybridized carbons (Fsp3) is 0.133. The number of methoxy groups -OCH3 is 1. The number of ether oxygens (including phenoxy) is 1. The summed E-state index contributed by atoms with van der Waals surface area (Å²) in [5.74, 6) is 0.163. The minimum absolute atomic E-state index is 0.152. The first-order valence-electron chi connectivity index (χ1n) is 6.03. The minimum atomic E-state index is -4.41. The third-order valence-electron chi connectivity index (χ3n) is 2.82.